The van der Waals surface area contributed by atoms with Crippen molar-refractivity contribution in [2.24, 2.45) is 7.05 Å². The summed E-state index contributed by atoms with van der Waals surface area (Å²) in [7, 11) is 1.78. The summed E-state index contributed by atoms with van der Waals surface area (Å²) in [6.07, 6.45) is 1.45. The molecule has 0 aliphatic rings. The number of rotatable bonds is 4. The quantitative estimate of drug-likeness (QED) is 0.567. The second-order valence-corrected chi connectivity index (χ2v) is 5.03. The highest BCUT2D eigenvalue weighted by Crippen LogP contribution is 2.21. The number of fused-ring (bicyclic) bond motifs is 1. The van der Waals surface area contributed by atoms with E-state index in [1.807, 2.05) is 0 Å². The van der Waals surface area contributed by atoms with E-state index in [4.69, 9.17) is 4.74 Å². The molecule has 0 radical (unpaired) electrons. The van der Waals surface area contributed by atoms with Crippen LogP contribution in [0, 0.1) is 5.82 Å². The Kier molecular flexibility index (Phi) is 3.38. The van der Waals surface area contributed by atoms with E-state index in [1.54, 1.807) is 42.1 Å². The second kappa shape index (κ2) is 5.69. The Bertz CT molecular complexity index is 1010. The summed E-state index contributed by atoms with van der Waals surface area (Å²) in [5, 5.41) is 16.3. The standard InChI is InChI=1S/C15H12FN7O/c1-22-13(17-9-18-22)8-24-14-7-6-12-19-20-15(23(12)21-14)10-4-2-3-5-11(10)16/h2-7,9H,8H2,1H3. The Morgan fingerprint density at radius 1 is 1.12 bits per heavy atom. The molecule has 120 valence electrons. The van der Waals surface area contributed by atoms with Crippen molar-refractivity contribution < 1.29 is 9.13 Å². The number of aromatic nitrogens is 7. The van der Waals surface area contributed by atoms with Crippen molar-refractivity contribution in [2.45, 2.75) is 6.61 Å². The van der Waals surface area contributed by atoms with E-state index in [0.717, 1.165) is 0 Å². The maximum absolute atomic E-state index is 14.0. The van der Waals surface area contributed by atoms with Crippen molar-refractivity contribution in [3.8, 4) is 17.3 Å². The number of nitrogens with zero attached hydrogens (tertiary/aromatic N) is 7. The molecule has 0 N–H and O–H groups in total. The molecule has 0 spiro atoms. The van der Waals surface area contributed by atoms with Crippen molar-refractivity contribution in [3.05, 3.63) is 54.4 Å². The minimum absolute atomic E-state index is 0.214. The zero-order valence-corrected chi connectivity index (χ0v) is 12.7. The van der Waals surface area contributed by atoms with Crippen molar-refractivity contribution in [3.63, 3.8) is 0 Å². The topological polar surface area (TPSA) is 83.0 Å². The molecule has 3 heterocycles. The van der Waals surface area contributed by atoms with Crippen molar-refractivity contribution in [2.75, 3.05) is 0 Å². The van der Waals surface area contributed by atoms with Gasteiger partial charge in [0.25, 0.3) is 0 Å². The largest absolute Gasteiger partial charge is 0.468 e. The lowest BCUT2D eigenvalue weighted by molar-refractivity contribution is 0.274. The van der Waals surface area contributed by atoms with Gasteiger partial charge in [-0.25, -0.2) is 9.37 Å². The van der Waals surface area contributed by atoms with Crippen LogP contribution in [0.2, 0.25) is 0 Å². The van der Waals surface area contributed by atoms with Gasteiger partial charge in [-0.3, -0.25) is 4.68 Å². The predicted molar refractivity (Wildman–Crippen MR) is 81.5 cm³/mol. The molecule has 0 saturated heterocycles. The molecule has 0 aliphatic carbocycles. The van der Waals surface area contributed by atoms with Crippen LogP contribution in [-0.2, 0) is 13.7 Å². The molecule has 0 atom stereocenters. The van der Waals surface area contributed by atoms with Gasteiger partial charge < -0.3 is 4.74 Å². The van der Waals surface area contributed by atoms with Crippen LogP contribution in [-0.4, -0.2) is 34.6 Å². The number of benzene rings is 1. The molecule has 4 rings (SSSR count). The first kappa shape index (κ1) is 14.2. The molecule has 9 heteroatoms. The van der Waals surface area contributed by atoms with Gasteiger partial charge >= 0.3 is 0 Å². The average Bonchev–Trinajstić information content (AvgIpc) is 3.19. The molecule has 3 aromatic heterocycles. The number of halogens is 1. The molecule has 0 saturated carbocycles. The predicted octanol–water partition coefficient (Wildman–Crippen LogP) is 1.64. The lowest BCUT2D eigenvalue weighted by Crippen LogP contribution is -2.06. The second-order valence-electron chi connectivity index (χ2n) is 5.03. The molecule has 0 unspecified atom stereocenters. The van der Waals surface area contributed by atoms with Gasteiger partial charge in [0.05, 0.1) is 5.56 Å². The van der Waals surface area contributed by atoms with Gasteiger partial charge in [-0.05, 0) is 18.2 Å². The van der Waals surface area contributed by atoms with Crippen molar-refractivity contribution >= 4 is 5.65 Å². The summed E-state index contributed by atoms with van der Waals surface area (Å²) >= 11 is 0. The Hall–Kier alpha value is -3.36. The van der Waals surface area contributed by atoms with Crippen molar-refractivity contribution in [1.29, 1.82) is 0 Å². The molecule has 0 amide bonds. The van der Waals surface area contributed by atoms with Crippen LogP contribution in [0.3, 0.4) is 0 Å². The smallest absolute Gasteiger partial charge is 0.232 e. The molecular weight excluding hydrogens is 313 g/mol. The van der Waals surface area contributed by atoms with Gasteiger partial charge in [0.1, 0.15) is 18.8 Å². The van der Waals surface area contributed by atoms with Gasteiger partial charge in [-0.1, -0.05) is 12.1 Å². The number of ether oxygens (including phenoxy) is 1. The zero-order valence-electron chi connectivity index (χ0n) is 12.7. The van der Waals surface area contributed by atoms with E-state index in [9.17, 15) is 4.39 Å². The summed E-state index contributed by atoms with van der Waals surface area (Å²) in [6, 6.07) is 9.71. The Labute approximate surface area is 135 Å². The zero-order chi connectivity index (χ0) is 16.5. The van der Waals surface area contributed by atoms with E-state index >= 15 is 0 Å². The number of aryl methyl sites for hydroxylation is 1. The van der Waals surface area contributed by atoms with Gasteiger partial charge in [-0.2, -0.15) is 9.61 Å². The van der Waals surface area contributed by atoms with E-state index in [2.05, 4.69) is 25.4 Å². The molecule has 0 aliphatic heterocycles. The first-order valence-electron chi connectivity index (χ1n) is 7.15. The van der Waals surface area contributed by atoms with Crippen LogP contribution in [0.25, 0.3) is 17.0 Å². The van der Waals surface area contributed by atoms with Crippen LogP contribution in [0.15, 0.2) is 42.7 Å². The SMILES string of the molecule is Cn1ncnc1COc1ccc2nnc(-c3ccccc3F)n2n1. The van der Waals surface area contributed by atoms with E-state index in [-0.39, 0.29) is 12.4 Å². The van der Waals surface area contributed by atoms with Crippen LogP contribution >= 0.6 is 0 Å². The lowest BCUT2D eigenvalue weighted by atomic mass is 10.2. The van der Waals surface area contributed by atoms with Crippen LogP contribution in [0.5, 0.6) is 5.88 Å². The summed E-state index contributed by atoms with van der Waals surface area (Å²) in [5.74, 6) is 0.934. The minimum Gasteiger partial charge on any atom is -0.468 e. The Morgan fingerprint density at radius 2 is 2.00 bits per heavy atom. The highest BCUT2D eigenvalue weighted by atomic mass is 19.1. The van der Waals surface area contributed by atoms with E-state index < -0.39 is 0 Å². The fourth-order valence-corrected chi connectivity index (χ4v) is 2.25. The molecule has 1 aromatic carbocycles. The first-order chi connectivity index (χ1) is 11.7. The van der Waals surface area contributed by atoms with E-state index in [0.29, 0.717) is 28.7 Å². The third-order valence-corrected chi connectivity index (χ3v) is 3.51. The molecular formula is C15H12FN7O. The lowest BCUT2D eigenvalue weighted by Gasteiger charge is -2.06. The molecule has 0 bridgehead atoms. The molecule has 8 nitrogen and oxygen atoms in total. The summed E-state index contributed by atoms with van der Waals surface area (Å²) < 4.78 is 22.7. The van der Waals surface area contributed by atoms with Gasteiger partial charge in [0.2, 0.25) is 5.88 Å². The van der Waals surface area contributed by atoms with Gasteiger partial charge in [0.15, 0.2) is 17.3 Å². The maximum atomic E-state index is 14.0. The van der Waals surface area contributed by atoms with Crippen molar-refractivity contribution in [1.82, 2.24) is 34.6 Å². The van der Waals surface area contributed by atoms with E-state index in [1.165, 1.54) is 16.9 Å². The third-order valence-electron chi connectivity index (χ3n) is 3.51. The fourth-order valence-electron chi connectivity index (χ4n) is 2.25. The fraction of sp³-hybridized carbons (Fsp3) is 0.133. The third kappa shape index (κ3) is 2.45. The maximum Gasteiger partial charge on any atom is 0.232 e. The normalized spacial score (nSPS) is 11.1. The Morgan fingerprint density at radius 3 is 2.79 bits per heavy atom. The van der Waals surface area contributed by atoms with Gasteiger partial charge in [-0.15, -0.1) is 15.3 Å². The van der Waals surface area contributed by atoms with Crippen LogP contribution in [0.4, 0.5) is 4.39 Å². The molecule has 4 aromatic rings. The average molecular weight is 325 g/mol. The summed E-state index contributed by atoms with van der Waals surface area (Å²) in [4.78, 5) is 4.08. The molecule has 0 fully saturated rings. The highest BCUT2D eigenvalue weighted by molar-refractivity contribution is 5.59. The first-order valence-corrected chi connectivity index (χ1v) is 7.15. The minimum atomic E-state index is -0.390. The Balaban J connectivity index is 1.68. The monoisotopic (exact) mass is 325 g/mol. The highest BCUT2D eigenvalue weighted by Gasteiger charge is 2.14. The summed E-state index contributed by atoms with van der Waals surface area (Å²) in [5.41, 5.74) is 0.821. The number of hydrogen-bond acceptors (Lipinski definition) is 6. The molecule has 24 heavy (non-hydrogen) atoms. The van der Waals surface area contributed by atoms with Gasteiger partial charge in [0, 0.05) is 13.1 Å². The number of hydrogen-bond donors (Lipinski definition) is 0. The van der Waals surface area contributed by atoms with Crippen LogP contribution in [0.1, 0.15) is 5.82 Å². The summed E-state index contributed by atoms with van der Waals surface area (Å²) in [6.45, 7) is 0.214. The van der Waals surface area contributed by atoms with Crippen LogP contribution < -0.4 is 4.74 Å².